The second kappa shape index (κ2) is 24.8. The Bertz CT molecular complexity index is 192. The summed E-state index contributed by atoms with van der Waals surface area (Å²) in [7, 11) is 0. The quantitative estimate of drug-likeness (QED) is 0.112. The molecule has 0 aromatic rings. The first kappa shape index (κ1) is 25.8. The first-order valence-electron chi connectivity index (χ1n) is 12.1. The molecule has 0 aliphatic rings. The molecule has 0 amide bonds. The first-order chi connectivity index (χ1) is 12.4. The van der Waals surface area contributed by atoms with Crippen LogP contribution in [0.5, 0.6) is 0 Å². The van der Waals surface area contributed by atoms with Crippen molar-refractivity contribution in [1.82, 2.24) is 0 Å². The number of hydrogen-bond acceptors (Lipinski definition) is 0. The predicted molar refractivity (Wildman–Crippen MR) is 121 cm³/mol. The molecule has 0 aromatic carbocycles. The van der Waals surface area contributed by atoms with E-state index in [1.165, 1.54) is 169 Å². The van der Waals surface area contributed by atoms with Crippen molar-refractivity contribution in [1.29, 1.82) is 0 Å². The van der Waals surface area contributed by atoms with Gasteiger partial charge in [0.1, 0.15) is 0 Å². The van der Waals surface area contributed by atoms with Gasteiger partial charge < -0.3 is 0 Å². The van der Waals surface area contributed by atoms with E-state index >= 15 is 0 Å². The van der Waals surface area contributed by atoms with E-state index < -0.39 is 0 Å². The summed E-state index contributed by atoms with van der Waals surface area (Å²) in [5.74, 6) is 0. The molecule has 0 bridgehead atoms. The average Bonchev–Trinajstić information content (AvgIpc) is 2.63. The van der Waals surface area contributed by atoms with Gasteiger partial charge in [-0.25, -0.2) is 0 Å². The normalized spacial score (nSPS) is 11.3. The first-order valence-corrected chi connectivity index (χ1v) is 14.4. The molecule has 0 aliphatic heterocycles. The molecule has 0 nitrogen and oxygen atoms in total. The van der Waals surface area contributed by atoms with Gasteiger partial charge in [-0.15, -0.1) is 0 Å². The van der Waals surface area contributed by atoms with Crippen molar-refractivity contribution in [2.75, 3.05) is 0 Å². The standard InChI is InChI=1S/C24H49.Sb.2H/c1-3-5-7-9-11-13-15-17-19-21-23-24-22-20-18-16-14-12-10-8-6-4-2;;;/h1,3-24H2,2H3;;;. The monoisotopic (exact) mass is 460 g/mol. The van der Waals surface area contributed by atoms with Gasteiger partial charge in [0.2, 0.25) is 0 Å². The van der Waals surface area contributed by atoms with Crippen LogP contribution < -0.4 is 0 Å². The second-order valence-electron chi connectivity index (χ2n) is 8.21. The van der Waals surface area contributed by atoms with Crippen LogP contribution in [0.25, 0.3) is 0 Å². The van der Waals surface area contributed by atoms with E-state index in [2.05, 4.69) is 6.92 Å². The Kier molecular flexibility index (Phi) is 25.6. The van der Waals surface area contributed by atoms with Gasteiger partial charge in [0.25, 0.3) is 0 Å². The summed E-state index contributed by atoms with van der Waals surface area (Å²) in [6.07, 6.45) is 32.7. The average molecular weight is 461 g/mol. The van der Waals surface area contributed by atoms with Gasteiger partial charge in [-0.2, -0.15) is 0 Å². The molecule has 0 aromatic heterocycles. The van der Waals surface area contributed by atoms with Gasteiger partial charge in [0.15, 0.2) is 0 Å². The van der Waals surface area contributed by atoms with Crippen LogP contribution in [0.4, 0.5) is 0 Å². The Labute approximate surface area is 175 Å². The summed E-state index contributed by atoms with van der Waals surface area (Å²) in [6, 6.07) is 0. The fourth-order valence-electron chi connectivity index (χ4n) is 3.75. The van der Waals surface area contributed by atoms with E-state index in [0.717, 1.165) is 0 Å². The molecule has 0 unspecified atom stereocenters. The molecule has 0 rings (SSSR count). The van der Waals surface area contributed by atoms with Gasteiger partial charge in [0.05, 0.1) is 0 Å². The van der Waals surface area contributed by atoms with Crippen molar-refractivity contribution >= 4 is 23.0 Å². The van der Waals surface area contributed by atoms with E-state index in [0.29, 0.717) is 0 Å². The minimum absolute atomic E-state index is 1.38. The van der Waals surface area contributed by atoms with Crippen molar-refractivity contribution in [2.45, 2.75) is 153 Å². The Morgan fingerprint density at radius 2 is 0.520 bits per heavy atom. The van der Waals surface area contributed by atoms with E-state index in [9.17, 15) is 0 Å². The zero-order valence-corrected chi connectivity index (χ0v) is 21.1. The van der Waals surface area contributed by atoms with Crippen LogP contribution >= 0.6 is 0 Å². The molecular weight excluding hydrogens is 410 g/mol. The third-order valence-electron chi connectivity index (χ3n) is 5.56. The van der Waals surface area contributed by atoms with Crippen molar-refractivity contribution < 1.29 is 0 Å². The summed E-state index contributed by atoms with van der Waals surface area (Å²) in [5.41, 5.74) is 0. The summed E-state index contributed by atoms with van der Waals surface area (Å²) in [6.45, 7) is 2.30. The van der Waals surface area contributed by atoms with Crippen LogP contribution in [0, 0.1) is 0 Å². The molecule has 25 heavy (non-hydrogen) atoms. The number of hydrogen-bond donors (Lipinski definition) is 0. The van der Waals surface area contributed by atoms with E-state index in [1.54, 1.807) is 0 Å². The molecule has 152 valence electrons. The minimum atomic E-state index is 1.38. The zero-order valence-electron chi connectivity index (χ0n) is 17.8. The van der Waals surface area contributed by atoms with Crippen molar-refractivity contribution in [3.8, 4) is 0 Å². The van der Waals surface area contributed by atoms with Crippen LogP contribution in [0.15, 0.2) is 0 Å². The molecule has 0 aliphatic carbocycles. The van der Waals surface area contributed by atoms with E-state index in [1.807, 2.05) is 0 Å². The zero-order chi connectivity index (χ0) is 18.3. The van der Waals surface area contributed by atoms with Gasteiger partial charge >= 0.3 is 98.0 Å². The van der Waals surface area contributed by atoms with Crippen LogP contribution in [-0.4, -0.2) is 23.0 Å². The van der Waals surface area contributed by atoms with Gasteiger partial charge in [-0.1, -0.05) is 77.6 Å². The molecule has 0 radical (unpaired) electrons. The van der Waals surface area contributed by atoms with Crippen molar-refractivity contribution in [3.63, 3.8) is 0 Å². The van der Waals surface area contributed by atoms with Crippen LogP contribution in [-0.2, 0) is 0 Å². The maximum atomic E-state index is 2.30. The molecular formula is C24H51Sb. The molecule has 0 N–H and O–H groups in total. The summed E-state index contributed by atoms with van der Waals surface area (Å²) in [4.78, 5) is 0. The summed E-state index contributed by atoms with van der Waals surface area (Å²) in [5, 5.41) is 0. The fraction of sp³-hybridized carbons (Fsp3) is 1.00. The Morgan fingerprint density at radius 1 is 0.320 bits per heavy atom. The molecule has 0 spiro atoms. The van der Waals surface area contributed by atoms with E-state index in [4.69, 9.17) is 0 Å². The predicted octanol–water partition coefficient (Wildman–Crippen LogP) is 8.64. The second-order valence-corrected chi connectivity index (χ2v) is 9.86. The fourth-order valence-corrected chi connectivity index (χ4v) is 4.58. The molecule has 0 heterocycles. The van der Waals surface area contributed by atoms with Gasteiger partial charge in [-0.05, 0) is 0 Å². The Hall–Kier alpha value is 0.818. The third-order valence-corrected chi connectivity index (χ3v) is 6.72. The summed E-state index contributed by atoms with van der Waals surface area (Å²) >= 11 is 1.47. The van der Waals surface area contributed by atoms with Crippen LogP contribution in [0.3, 0.4) is 0 Å². The molecule has 0 fully saturated rings. The van der Waals surface area contributed by atoms with Crippen molar-refractivity contribution in [3.05, 3.63) is 0 Å². The molecule has 0 saturated heterocycles. The SMILES string of the molecule is CCCCCCCCCCCCCCCCCCCCCCC[CH2][SbH2]. The van der Waals surface area contributed by atoms with Gasteiger partial charge in [0, 0.05) is 0 Å². The molecule has 1 heteroatoms. The third kappa shape index (κ3) is 24.8. The van der Waals surface area contributed by atoms with E-state index in [-0.39, 0.29) is 0 Å². The van der Waals surface area contributed by atoms with Crippen molar-refractivity contribution in [2.24, 2.45) is 0 Å². The topological polar surface area (TPSA) is 0 Å². The van der Waals surface area contributed by atoms with Crippen LogP contribution in [0.1, 0.15) is 148 Å². The maximum absolute atomic E-state index is 2.30. The Balaban J connectivity index is 2.94. The van der Waals surface area contributed by atoms with Gasteiger partial charge in [-0.3, -0.25) is 0 Å². The number of rotatable bonds is 22. The molecule has 0 saturated carbocycles. The van der Waals surface area contributed by atoms with Crippen LogP contribution in [0.2, 0.25) is 4.37 Å². The Morgan fingerprint density at radius 3 is 0.720 bits per heavy atom. The summed E-state index contributed by atoms with van der Waals surface area (Å²) < 4.78 is 1.50. The number of unbranched alkanes of at least 4 members (excludes halogenated alkanes) is 21. The molecule has 0 atom stereocenters.